The molecule has 0 saturated carbocycles. The van der Waals surface area contributed by atoms with E-state index in [0.717, 1.165) is 76.8 Å². The SMILES string of the molecule is Cc1ccc(C(C)C)cc1N(c1ccc2cc3c(cc2c1)oc1ccc2oc4cc5cc(N(c6cc(C(C)C)ccc6C)c6cc(C(C)C)ccc6C)ccc5cc4c2c13)c1cc(C(C)C)ccc1C. The molecule has 9 aromatic carbocycles. The fraction of sp³-hybridized carbons (Fsp3) is 0.242. The van der Waals surface area contributed by atoms with Crippen LogP contribution in [0, 0.1) is 27.7 Å². The average molecular weight is 917 g/mol. The van der Waals surface area contributed by atoms with Crippen molar-refractivity contribution in [1.29, 1.82) is 0 Å². The Balaban J connectivity index is 1.05. The van der Waals surface area contributed by atoms with E-state index in [1.54, 1.807) is 0 Å². The molecule has 0 radical (unpaired) electrons. The maximum Gasteiger partial charge on any atom is 0.136 e. The average Bonchev–Trinajstić information content (AvgIpc) is 3.88. The summed E-state index contributed by atoms with van der Waals surface area (Å²) in [6, 6.07) is 54.7. The molecule has 0 fully saturated rings. The zero-order chi connectivity index (χ0) is 48.9. The van der Waals surface area contributed by atoms with Gasteiger partial charge in [-0.2, -0.15) is 0 Å². The van der Waals surface area contributed by atoms with Crippen molar-refractivity contribution >= 4 is 99.5 Å². The predicted molar refractivity (Wildman–Crippen MR) is 301 cm³/mol. The van der Waals surface area contributed by atoms with E-state index in [1.807, 2.05) is 0 Å². The van der Waals surface area contributed by atoms with Crippen LogP contribution in [0.4, 0.5) is 34.1 Å². The first-order valence-corrected chi connectivity index (χ1v) is 25.3. The van der Waals surface area contributed by atoms with Gasteiger partial charge in [0.2, 0.25) is 0 Å². The number of nitrogens with zero attached hydrogens (tertiary/aromatic N) is 2. The van der Waals surface area contributed by atoms with E-state index in [9.17, 15) is 0 Å². The topological polar surface area (TPSA) is 32.8 Å². The molecule has 0 aliphatic rings. The Morgan fingerprint density at radius 1 is 0.300 bits per heavy atom. The van der Waals surface area contributed by atoms with Crippen molar-refractivity contribution in [2.75, 3.05) is 9.80 Å². The Kier molecular flexibility index (Phi) is 11.1. The molecule has 2 aromatic heterocycles. The van der Waals surface area contributed by atoms with Crippen molar-refractivity contribution in [1.82, 2.24) is 0 Å². The molecule has 0 bridgehead atoms. The minimum Gasteiger partial charge on any atom is -0.456 e. The molecule has 0 atom stereocenters. The van der Waals surface area contributed by atoms with Gasteiger partial charge in [0.05, 0.1) is 0 Å². The summed E-state index contributed by atoms with van der Waals surface area (Å²) in [5.41, 5.74) is 20.7. The third-order valence-electron chi connectivity index (χ3n) is 15.0. The monoisotopic (exact) mass is 916 g/mol. The maximum atomic E-state index is 6.80. The lowest BCUT2D eigenvalue weighted by Crippen LogP contribution is -2.14. The number of benzene rings is 9. The Hall–Kier alpha value is -7.30. The molecule has 0 N–H and O–H groups in total. The molecule has 0 amide bonds. The molecular formula is C66H64N2O2. The van der Waals surface area contributed by atoms with Crippen molar-refractivity contribution in [3.05, 3.63) is 190 Å². The van der Waals surface area contributed by atoms with Gasteiger partial charge < -0.3 is 18.6 Å². The van der Waals surface area contributed by atoms with Crippen molar-refractivity contribution in [3.8, 4) is 0 Å². The van der Waals surface area contributed by atoms with E-state index in [1.165, 1.54) is 67.3 Å². The second-order valence-corrected chi connectivity index (χ2v) is 21.2. The number of hydrogen-bond donors (Lipinski definition) is 0. The molecule has 0 spiro atoms. The number of furan rings is 2. The summed E-state index contributed by atoms with van der Waals surface area (Å²) >= 11 is 0. The molecule has 11 aromatic rings. The summed E-state index contributed by atoms with van der Waals surface area (Å²) in [6.45, 7) is 27.1. The molecule has 0 aliphatic carbocycles. The van der Waals surface area contributed by atoms with Crippen molar-refractivity contribution in [2.24, 2.45) is 0 Å². The van der Waals surface area contributed by atoms with Gasteiger partial charge in [-0.3, -0.25) is 0 Å². The summed E-state index contributed by atoms with van der Waals surface area (Å²) in [6.07, 6.45) is 0. The lowest BCUT2D eigenvalue weighted by molar-refractivity contribution is 0.663. The Morgan fingerprint density at radius 2 is 0.614 bits per heavy atom. The van der Waals surface area contributed by atoms with Crippen LogP contribution in [0.1, 0.15) is 124 Å². The van der Waals surface area contributed by atoms with Crippen LogP contribution < -0.4 is 9.80 Å². The van der Waals surface area contributed by atoms with Crippen LogP contribution in [0.5, 0.6) is 0 Å². The third kappa shape index (κ3) is 7.69. The van der Waals surface area contributed by atoms with E-state index in [4.69, 9.17) is 8.83 Å². The first-order chi connectivity index (χ1) is 33.6. The molecule has 4 heteroatoms. The second-order valence-electron chi connectivity index (χ2n) is 21.2. The Morgan fingerprint density at radius 3 is 0.914 bits per heavy atom. The van der Waals surface area contributed by atoms with Gasteiger partial charge in [-0.15, -0.1) is 0 Å². The minimum absolute atomic E-state index is 0.411. The van der Waals surface area contributed by atoms with Crippen LogP contribution in [0.15, 0.2) is 154 Å². The fourth-order valence-electron chi connectivity index (χ4n) is 10.6. The molecule has 0 saturated heterocycles. The summed E-state index contributed by atoms with van der Waals surface area (Å²) in [5.74, 6) is 1.64. The molecular weight excluding hydrogens is 853 g/mol. The Bertz CT molecular complexity index is 3490. The first-order valence-electron chi connectivity index (χ1n) is 25.3. The van der Waals surface area contributed by atoms with Gasteiger partial charge in [-0.1, -0.05) is 116 Å². The lowest BCUT2D eigenvalue weighted by atomic mass is 9.96. The molecule has 11 rings (SSSR count). The summed E-state index contributed by atoms with van der Waals surface area (Å²) in [7, 11) is 0. The summed E-state index contributed by atoms with van der Waals surface area (Å²) in [5, 5.41) is 8.94. The van der Waals surface area contributed by atoms with Gasteiger partial charge in [-0.25, -0.2) is 0 Å². The summed E-state index contributed by atoms with van der Waals surface area (Å²) in [4.78, 5) is 4.93. The molecule has 0 unspecified atom stereocenters. The predicted octanol–water partition coefficient (Wildman–Crippen LogP) is 20.5. The lowest BCUT2D eigenvalue weighted by Gasteiger charge is -2.30. The van der Waals surface area contributed by atoms with E-state index in [0.29, 0.717) is 23.7 Å². The van der Waals surface area contributed by atoms with Crippen LogP contribution in [-0.4, -0.2) is 0 Å². The van der Waals surface area contributed by atoms with Gasteiger partial charge in [-0.05, 0) is 202 Å². The second kappa shape index (κ2) is 17.3. The van der Waals surface area contributed by atoms with Crippen LogP contribution in [-0.2, 0) is 0 Å². The van der Waals surface area contributed by atoms with E-state index >= 15 is 0 Å². The molecule has 350 valence electrons. The highest BCUT2D eigenvalue weighted by atomic mass is 16.3. The minimum atomic E-state index is 0.411. The number of rotatable bonds is 10. The fourth-order valence-corrected chi connectivity index (χ4v) is 10.6. The number of anilines is 6. The first kappa shape index (κ1) is 45.2. The van der Waals surface area contributed by atoms with Gasteiger partial charge in [0.15, 0.2) is 0 Å². The molecule has 70 heavy (non-hydrogen) atoms. The van der Waals surface area contributed by atoms with Crippen LogP contribution in [0.2, 0.25) is 0 Å². The van der Waals surface area contributed by atoms with Crippen LogP contribution >= 0.6 is 0 Å². The van der Waals surface area contributed by atoms with Crippen molar-refractivity contribution in [2.45, 2.75) is 107 Å². The zero-order valence-electron chi connectivity index (χ0n) is 42.9. The van der Waals surface area contributed by atoms with Crippen molar-refractivity contribution < 1.29 is 8.83 Å². The summed E-state index contributed by atoms with van der Waals surface area (Å²) < 4.78 is 13.6. The van der Waals surface area contributed by atoms with Gasteiger partial charge in [0.1, 0.15) is 22.3 Å². The normalized spacial score (nSPS) is 12.2. The van der Waals surface area contributed by atoms with Crippen LogP contribution in [0.3, 0.4) is 0 Å². The van der Waals surface area contributed by atoms with Crippen LogP contribution in [0.25, 0.3) is 65.4 Å². The number of hydrogen-bond acceptors (Lipinski definition) is 4. The smallest absolute Gasteiger partial charge is 0.136 e. The number of fused-ring (bicyclic) bond motifs is 9. The Labute approximate surface area is 413 Å². The largest absolute Gasteiger partial charge is 0.456 e. The van der Waals surface area contributed by atoms with Gasteiger partial charge >= 0.3 is 0 Å². The zero-order valence-corrected chi connectivity index (χ0v) is 42.9. The van der Waals surface area contributed by atoms with E-state index < -0.39 is 0 Å². The molecule has 2 heterocycles. The highest BCUT2D eigenvalue weighted by molar-refractivity contribution is 6.28. The molecule has 4 nitrogen and oxygen atoms in total. The van der Waals surface area contributed by atoms with Crippen molar-refractivity contribution in [3.63, 3.8) is 0 Å². The molecule has 0 aliphatic heterocycles. The van der Waals surface area contributed by atoms with Gasteiger partial charge in [0.25, 0.3) is 0 Å². The van der Waals surface area contributed by atoms with E-state index in [2.05, 4.69) is 238 Å². The number of aryl methyl sites for hydroxylation is 4. The highest BCUT2D eigenvalue weighted by Gasteiger charge is 2.24. The van der Waals surface area contributed by atoms with Gasteiger partial charge in [0, 0.05) is 55.7 Å². The highest BCUT2D eigenvalue weighted by Crippen LogP contribution is 2.47. The third-order valence-corrected chi connectivity index (χ3v) is 15.0. The van der Waals surface area contributed by atoms with E-state index in [-0.39, 0.29) is 0 Å². The maximum absolute atomic E-state index is 6.80. The quantitative estimate of drug-likeness (QED) is 0.137. The standard InChI is InChI=1S/C66H64N2O2/c1-37(2)45-17-13-41(9)57(31-45)67(58-32-46(38(3)4)18-14-42(58)10)53-23-21-49-29-55-63(35-51(49)27-53)69-61-25-26-62-66(65(55)61)56-30-50-22-24-54(28-52(50)36-64(56)70-62)68(59-33-47(39(5)6)19-15-43(59)11)60-34-48(40(7)8)20-16-44(60)12/h13-40H,1-12H3.